The molecule has 0 saturated carbocycles. The average molecular weight is 338 g/mol. The van der Waals surface area contributed by atoms with Crippen LogP contribution in [0.4, 0.5) is 11.4 Å². The summed E-state index contributed by atoms with van der Waals surface area (Å²) in [6.45, 7) is 3.17. The molecule has 6 nitrogen and oxygen atoms in total. The van der Waals surface area contributed by atoms with Crippen LogP contribution in [0.1, 0.15) is 21.5 Å². The fourth-order valence-electron chi connectivity index (χ4n) is 2.69. The summed E-state index contributed by atoms with van der Waals surface area (Å²) in [5.41, 5.74) is 3.31. The number of para-hydroxylation sites is 2. The number of hydrogen-bond donors (Lipinski definition) is 1. The van der Waals surface area contributed by atoms with E-state index in [4.69, 9.17) is 4.74 Å². The van der Waals surface area contributed by atoms with Crippen molar-refractivity contribution in [2.75, 3.05) is 23.4 Å². The molecule has 1 heterocycles. The van der Waals surface area contributed by atoms with Crippen molar-refractivity contribution in [3.05, 3.63) is 59.2 Å². The second-order valence-electron chi connectivity index (χ2n) is 5.94. The molecule has 6 heteroatoms. The van der Waals surface area contributed by atoms with Crippen LogP contribution in [0.5, 0.6) is 0 Å². The number of fused-ring (bicyclic) bond motifs is 1. The maximum Gasteiger partial charge on any atom is 0.338 e. The minimum Gasteiger partial charge on any atom is -0.452 e. The second kappa shape index (κ2) is 6.76. The first-order valence-electron chi connectivity index (χ1n) is 7.89. The number of carbonyl (C=O) groups is 3. The molecule has 128 valence electrons. The standard InChI is InChI=1S/C19H18N2O4/c1-12-7-8-13(2)14(9-12)19(24)25-11-18(23)21-10-17(22)20-15-5-3-4-6-16(15)21/h3-9H,10-11H2,1-2H3,(H,20,22). The first-order chi connectivity index (χ1) is 12.0. The molecule has 2 aromatic carbocycles. The number of carbonyl (C=O) groups excluding carboxylic acids is 3. The van der Waals surface area contributed by atoms with Gasteiger partial charge in [-0.2, -0.15) is 0 Å². The van der Waals surface area contributed by atoms with Crippen LogP contribution in [-0.4, -0.2) is 30.9 Å². The largest absolute Gasteiger partial charge is 0.452 e. The van der Waals surface area contributed by atoms with Crippen LogP contribution in [-0.2, 0) is 14.3 Å². The van der Waals surface area contributed by atoms with Crippen LogP contribution < -0.4 is 10.2 Å². The maximum atomic E-state index is 12.5. The predicted octanol–water partition coefficient (Wildman–Crippen LogP) is 2.45. The molecule has 0 aromatic heterocycles. The lowest BCUT2D eigenvalue weighted by molar-refractivity contribution is -0.124. The van der Waals surface area contributed by atoms with Gasteiger partial charge in [0.25, 0.3) is 5.91 Å². The van der Waals surface area contributed by atoms with Gasteiger partial charge in [0.15, 0.2) is 6.61 Å². The number of rotatable bonds is 3. The van der Waals surface area contributed by atoms with Crippen molar-refractivity contribution in [1.82, 2.24) is 0 Å². The molecule has 0 radical (unpaired) electrons. The van der Waals surface area contributed by atoms with Gasteiger partial charge in [0.1, 0.15) is 6.54 Å². The number of aryl methyl sites for hydroxylation is 2. The van der Waals surface area contributed by atoms with E-state index in [0.717, 1.165) is 11.1 Å². The summed E-state index contributed by atoms with van der Waals surface area (Å²) in [6.07, 6.45) is 0. The van der Waals surface area contributed by atoms with Crippen molar-refractivity contribution in [3.63, 3.8) is 0 Å². The molecule has 2 amide bonds. The summed E-state index contributed by atoms with van der Waals surface area (Å²) in [5.74, 6) is -1.28. The Balaban J connectivity index is 1.72. The van der Waals surface area contributed by atoms with E-state index in [1.165, 1.54) is 4.90 Å². The third-order valence-electron chi connectivity index (χ3n) is 4.01. The molecule has 0 bridgehead atoms. The van der Waals surface area contributed by atoms with Gasteiger partial charge in [-0.05, 0) is 37.6 Å². The Bertz CT molecular complexity index is 860. The third kappa shape index (κ3) is 3.52. The smallest absolute Gasteiger partial charge is 0.338 e. The van der Waals surface area contributed by atoms with E-state index < -0.39 is 18.5 Å². The summed E-state index contributed by atoms with van der Waals surface area (Å²) in [4.78, 5) is 37.8. The first-order valence-corrected chi connectivity index (χ1v) is 7.89. The van der Waals surface area contributed by atoms with Gasteiger partial charge in [0.05, 0.1) is 16.9 Å². The molecule has 0 fully saturated rings. The van der Waals surface area contributed by atoms with Crippen molar-refractivity contribution in [1.29, 1.82) is 0 Å². The lowest BCUT2D eigenvalue weighted by atomic mass is 10.1. The molecule has 0 saturated heterocycles. The lowest BCUT2D eigenvalue weighted by Gasteiger charge is -2.28. The van der Waals surface area contributed by atoms with Crippen molar-refractivity contribution in [3.8, 4) is 0 Å². The number of ether oxygens (including phenoxy) is 1. The molecule has 1 aliphatic rings. The van der Waals surface area contributed by atoms with Crippen LogP contribution >= 0.6 is 0 Å². The zero-order chi connectivity index (χ0) is 18.0. The second-order valence-corrected chi connectivity index (χ2v) is 5.94. The summed E-state index contributed by atoms with van der Waals surface area (Å²) < 4.78 is 5.17. The number of nitrogens with zero attached hydrogens (tertiary/aromatic N) is 1. The van der Waals surface area contributed by atoms with E-state index in [2.05, 4.69) is 5.32 Å². The third-order valence-corrected chi connectivity index (χ3v) is 4.01. The van der Waals surface area contributed by atoms with Crippen molar-refractivity contribution in [2.45, 2.75) is 13.8 Å². The number of hydrogen-bond acceptors (Lipinski definition) is 4. The SMILES string of the molecule is Cc1ccc(C)c(C(=O)OCC(=O)N2CC(=O)Nc3ccccc32)c1. The van der Waals surface area contributed by atoms with Gasteiger partial charge in [0, 0.05) is 0 Å². The number of nitrogens with one attached hydrogen (secondary N) is 1. The molecular formula is C19H18N2O4. The van der Waals surface area contributed by atoms with E-state index in [1.54, 1.807) is 30.3 Å². The fourth-order valence-corrected chi connectivity index (χ4v) is 2.69. The van der Waals surface area contributed by atoms with E-state index in [1.807, 2.05) is 26.0 Å². The minimum absolute atomic E-state index is 0.100. The van der Waals surface area contributed by atoms with Gasteiger partial charge < -0.3 is 10.1 Å². The molecule has 0 spiro atoms. The summed E-state index contributed by atoms with van der Waals surface area (Å²) in [6, 6.07) is 12.5. The Kier molecular flexibility index (Phi) is 4.52. The lowest BCUT2D eigenvalue weighted by Crippen LogP contribution is -2.44. The predicted molar refractivity (Wildman–Crippen MR) is 93.6 cm³/mol. The first kappa shape index (κ1) is 16.7. The Morgan fingerprint density at radius 2 is 1.92 bits per heavy atom. The molecule has 0 unspecified atom stereocenters. The Morgan fingerprint density at radius 1 is 1.16 bits per heavy atom. The van der Waals surface area contributed by atoms with Crippen LogP contribution in [0.25, 0.3) is 0 Å². The topological polar surface area (TPSA) is 75.7 Å². The molecule has 1 aliphatic heterocycles. The van der Waals surface area contributed by atoms with Gasteiger partial charge in [-0.3, -0.25) is 14.5 Å². The van der Waals surface area contributed by atoms with Crippen LogP contribution in [0, 0.1) is 13.8 Å². The molecule has 1 N–H and O–H groups in total. The average Bonchev–Trinajstić information content (AvgIpc) is 2.60. The summed E-state index contributed by atoms with van der Waals surface area (Å²) in [7, 11) is 0. The monoisotopic (exact) mass is 338 g/mol. The normalized spacial score (nSPS) is 13.0. The van der Waals surface area contributed by atoms with Gasteiger partial charge >= 0.3 is 5.97 Å². The van der Waals surface area contributed by atoms with Crippen molar-refractivity contribution < 1.29 is 19.1 Å². The molecule has 0 atom stereocenters. The van der Waals surface area contributed by atoms with Gasteiger partial charge in [-0.15, -0.1) is 0 Å². The van der Waals surface area contributed by atoms with E-state index in [9.17, 15) is 14.4 Å². The van der Waals surface area contributed by atoms with Crippen LogP contribution in [0.3, 0.4) is 0 Å². The molecule has 2 aromatic rings. The quantitative estimate of drug-likeness (QED) is 0.872. The summed E-state index contributed by atoms with van der Waals surface area (Å²) >= 11 is 0. The highest BCUT2D eigenvalue weighted by molar-refractivity contribution is 6.10. The van der Waals surface area contributed by atoms with Gasteiger partial charge in [0.2, 0.25) is 5.91 Å². The van der Waals surface area contributed by atoms with Gasteiger partial charge in [-0.25, -0.2) is 4.79 Å². The molecule has 0 aliphatic carbocycles. The highest BCUT2D eigenvalue weighted by atomic mass is 16.5. The van der Waals surface area contributed by atoms with Crippen molar-refractivity contribution >= 4 is 29.2 Å². The zero-order valence-corrected chi connectivity index (χ0v) is 14.0. The molecule has 3 rings (SSSR count). The van der Waals surface area contributed by atoms with E-state index >= 15 is 0 Å². The Hall–Kier alpha value is -3.15. The van der Waals surface area contributed by atoms with E-state index in [0.29, 0.717) is 16.9 Å². The highest BCUT2D eigenvalue weighted by Crippen LogP contribution is 2.28. The maximum absolute atomic E-state index is 12.5. The van der Waals surface area contributed by atoms with Gasteiger partial charge in [-0.1, -0.05) is 29.8 Å². The Morgan fingerprint density at radius 3 is 2.72 bits per heavy atom. The van der Waals surface area contributed by atoms with Crippen molar-refractivity contribution in [2.24, 2.45) is 0 Å². The number of esters is 1. The number of anilines is 2. The molecule has 25 heavy (non-hydrogen) atoms. The minimum atomic E-state index is -0.552. The highest BCUT2D eigenvalue weighted by Gasteiger charge is 2.27. The van der Waals surface area contributed by atoms with E-state index in [-0.39, 0.29) is 12.5 Å². The van der Waals surface area contributed by atoms with Crippen LogP contribution in [0.2, 0.25) is 0 Å². The zero-order valence-electron chi connectivity index (χ0n) is 14.0. The van der Waals surface area contributed by atoms with Crippen LogP contribution in [0.15, 0.2) is 42.5 Å². The Labute approximate surface area is 145 Å². The number of benzene rings is 2. The number of amides is 2. The molecular weight excluding hydrogens is 320 g/mol. The summed E-state index contributed by atoms with van der Waals surface area (Å²) in [5, 5.41) is 2.71. The fraction of sp³-hybridized carbons (Fsp3) is 0.211.